The van der Waals surface area contributed by atoms with Gasteiger partial charge >= 0.3 is 0 Å². The van der Waals surface area contributed by atoms with Gasteiger partial charge in [-0.2, -0.15) is 0 Å². The summed E-state index contributed by atoms with van der Waals surface area (Å²) in [6.07, 6.45) is 1.57. The molecule has 0 spiro atoms. The summed E-state index contributed by atoms with van der Waals surface area (Å²) in [5.74, 6) is 2.64. The van der Waals surface area contributed by atoms with Gasteiger partial charge in [-0.25, -0.2) is 9.97 Å². The second kappa shape index (κ2) is 4.49. The normalized spacial score (nSPS) is 10.7. The zero-order valence-corrected chi connectivity index (χ0v) is 10.1. The summed E-state index contributed by atoms with van der Waals surface area (Å²) < 4.78 is 5.51. The van der Waals surface area contributed by atoms with E-state index in [0.29, 0.717) is 6.54 Å². The van der Waals surface area contributed by atoms with E-state index in [-0.39, 0.29) is 0 Å². The molecule has 3 aromatic rings. The molecular formula is C14H13N3O. The predicted octanol–water partition coefficient (Wildman–Crippen LogP) is 3.14. The third-order valence-electron chi connectivity index (χ3n) is 2.77. The van der Waals surface area contributed by atoms with E-state index >= 15 is 0 Å². The smallest absolute Gasteiger partial charge is 0.137 e. The van der Waals surface area contributed by atoms with Gasteiger partial charge in [0.15, 0.2) is 0 Å². The molecule has 2 heterocycles. The number of nitrogens with zero attached hydrogens (tertiary/aromatic N) is 2. The molecule has 3 rings (SSSR count). The third-order valence-corrected chi connectivity index (χ3v) is 2.77. The van der Waals surface area contributed by atoms with E-state index in [1.807, 2.05) is 43.3 Å². The average Bonchev–Trinajstić information content (AvgIpc) is 2.82. The number of benzene rings is 1. The standard InChI is InChI=1S/C14H13N3O/c1-10-6-7-11(18-10)8-15-14-12-4-2-3-5-13(12)16-9-17-14/h2-7,9H,8H2,1H3,(H,15,16,17). The van der Waals surface area contributed by atoms with Gasteiger partial charge in [-0.05, 0) is 31.2 Å². The number of nitrogens with one attached hydrogen (secondary N) is 1. The molecule has 0 saturated heterocycles. The summed E-state index contributed by atoms with van der Waals surface area (Å²) in [5, 5.41) is 4.29. The molecule has 1 aromatic carbocycles. The summed E-state index contributed by atoms with van der Waals surface area (Å²) in [6.45, 7) is 2.55. The second-order valence-electron chi connectivity index (χ2n) is 4.11. The molecule has 0 unspecified atom stereocenters. The highest BCUT2D eigenvalue weighted by Crippen LogP contribution is 2.19. The van der Waals surface area contributed by atoms with E-state index in [2.05, 4.69) is 15.3 Å². The van der Waals surface area contributed by atoms with Crippen LogP contribution in [-0.4, -0.2) is 9.97 Å². The van der Waals surface area contributed by atoms with Crippen molar-refractivity contribution >= 4 is 16.7 Å². The largest absolute Gasteiger partial charge is 0.465 e. The van der Waals surface area contributed by atoms with E-state index in [4.69, 9.17) is 4.42 Å². The number of hydrogen-bond acceptors (Lipinski definition) is 4. The van der Waals surface area contributed by atoms with Crippen LogP contribution in [0.2, 0.25) is 0 Å². The maximum Gasteiger partial charge on any atom is 0.137 e. The zero-order valence-electron chi connectivity index (χ0n) is 10.1. The Bertz CT molecular complexity index is 670. The van der Waals surface area contributed by atoms with E-state index in [1.165, 1.54) is 0 Å². The quantitative estimate of drug-likeness (QED) is 0.762. The summed E-state index contributed by atoms with van der Waals surface area (Å²) in [4.78, 5) is 8.49. The van der Waals surface area contributed by atoms with Gasteiger partial charge in [-0.15, -0.1) is 0 Å². The van der Waals surface area contributed by atoms with Gasteiger partial charge in [0.05, 0.1) is 12.1 Å². The van der Waals surface area contributed by atoms with Crippen molar-refractivity contribution in [3.05, 3.63) is 54.2 Å². The summed E-state index contributed by atoms with van der Waals surface area (Å²) in [7, 11) is 0. The lowest BCUT2D eigenvalue weighted by atomic mass is 10.2. The number of rotatable bonds is 3. The fourth-order valence-corrected chi connectivity index (χ4v) is 1.90. The van der Waals surface area contributed by atoms with E-state index < -0.39 is 0 Å². The van der Waals surface area contributed by atoms with E-state index in [0.717, 1.165) is 28.2 Å². The van der Waals surface area contributed by atoms with Gasteiger partial charge in [0.25, 0.3) is 0 Å². The van der Waals surface area contributed by atoms with Crippen molar-refractivity contribution in [2.45, 2.75) is 13.5 Å². The number of hydrogen-bond donors (Lipinski definition) is 1. The topological polar surface area (TPSA) is 51.0 Å². The number of para-hydroxylation sites is 1. The van der Waals surface area contributed by atoms with Crippen LogP contribution in [0.5, 0.6) is 0 Å². The van der Waals surface area contributed by atoms with Crippen molar-refractivity contribution in [2.24, 2.45) is 0 Å². The Labute approximate surface area is 105 Å². The molecule has 0 atom stereocenters. The molecule has 0 aliphatic heterocycles. The van der Waals surface area contributed by atoms with Crippen LogP contribution in [0.4, 0.5) is 5.82 Å². The highest BCUT2D eigenvalue weighted by molar-refractivity contribution is 5.88. The van der Waals surface area contributed by atoms with Crippen LogP contribution in [0.1, 0.15) is 11.5 Å². The Morgan fingerprint density at radius 2 is 2.00 bits per heavy atom. The van der Waals surface area contributed by atoms with Crippen molar-refractivity contribution in [1.82, 2.24) is 9.97 Å². The van der Waals surface area contributed by atoms with Crippen LogP contribution >= 0.6 is 0 Å². The third kappa shape index (κ3) is 2.05. The molecule has 2 aromatic heterocycles. The highest BCUT2D eigenvalue weighted by atomic mass is 16.3. The first-order chi connectivity index (χ1) is 8.83. The highest BCUT2D eigenvalue weighted by Gasteiger charge is 2.03. The SMILES string of the molecule is Cc1ccc(CNc2ncnc3ccccc23)o1. The van der Waals surface area contributed by atoms with E-state index in [9.17, 15) is 0 Å². The minimum atomic E-state index is 0.620. The number of aryl methyl sites for hydroxylation is 1. The van der Waals surface area contributed by atoms with Gasteiger partial charge in [0.2, 0.25) is 0 Å². The van der Waals surface area contributed by atoms with Crippen LogP contribution in [-0.2, 0) is 6.54 Å². The van der Waals surface area contributed by atoms with Crippen LogP contribution in [0.3, 0.4) is 0 Å². The Hall–Kier alpha value is -2.36. The molecule has 0 amide bonds. The minimum absolute atomic E-state index is 0.620. The molecule has 0 bridgehead atoms. The maximum atomic E-state index is 5.51. The molecule has 18 heavy (non-hydrogen) atoms. The molecular weight excluding hydrogens is 226 g/mol. The van der Waals surface area contributed by atoms with Crippen molar-refractivity contribution in [3.8, 4) is 0 Å². The first-order valence-electron chi connectivity index (χ1n) is 5.82. The molecule has 0 aliphatic rings. The lowest BCUT2D eigenvalue weighted by Gasteiger charge is -2.06. The van der Waals surface area contributed by atoms with Crippen molar-refractivity contribution < 1.29 is 4.42 Å². The lowest BCUT2D eigenvalue weighted by molar-refractivity contribution is 0.490. The lowest BCUT2D eigenvalue weighted by Crippen LogP contribution is -2.01. The van der Waals surface area contributed by atoms with Crippen molar-refractivity contribution in [1.29, 1.82) is 0 Å². The van der Waals surface area contributed by atoms with Crippen LogP contribution in [0.15, 0.2) is 47.1 Å². The first kappa shape index (κ1) is 10.8. The Kier molecular flexibility index (Phi) is 2.68. The monoisotopic (exact) mass is 239 g/mol. The second-order valence-corrected chi connectivity index (χ2v) is 4.11. The summed E-state index contributed by atoms with van der Waals surface area (Å²) >= 11 is 0. The molecule has 0 aliphatic carbocycles. The summed E-state index contributed by atoms with van der Waals surface area (Å²) in [6, 6.07) is 11.8. The van der Waals surface area contributed by atoms with E-state index in [1.54, 1.807) is 6.33 Å². The van der Waals surface area contributed by atoms with Gasteiger partial charge in [0.1, 0.15) is 23.7 Å². The molecule has 0 saturated carbocycles. The Morgan fingerprint density at radius 3 is 2.83 bits per heavy atom. The van der Waals surface area contributed by atoms with Crippen molar-refractivity contribution in [3.63, 3.8) is 0 Å². The number of anilines is 1. The fourth-order valence-electron chi connectivity index (χ4n) is 1.90. The van der Waals surface area contributed by atoms with Gasteiger partial charge < -0.3 is 9.73 Å². The maximum absolute atomic E-state index is 5.51. The molecule has 4 heteroatoms. The molecule has 90 valence electrons. The van der Waals surface area contributed by atoms with Crippen LogP contribution < -0.4 is 5.32 Å². The van der Waals surface area contributed by atoms with Gasteiger partial charge in [-0.1, -0.05) is 12.1 Å². The molecule has 0 fully saturated rings. The Morgan fingerprint density at radius 1 is 1.11 bits per heavy atom. The fraction of sp³-hybridized carbons (Fsp3) is 0.143. The van der Waals surface area contributed by atoms with Gasteiger partial charge in [0, 0.05) is 5.39 Å². The first-order valence-corrected chi connectivity index (χ1v) is 5.82. The van der Waals surface area contributed by atoms with Crippen LogP contribution in [0.25, 0.3) is 10.9 Å². The van der Waals surface area contributed by atoms with Crippen molar-refractivity contribution in [2.75, 3.05) is 5.32 Å². The zero-order chi connectivity index (χ0) is 12.4. The Balaban J connectivity index is 1.86. The van der Waals surface area contributed by atoms with Crippen LogP contribution in [0, 0.1) is 6.92 Å². The molecule has 1 N–H and O–H groups in total. The number of furan rings is 1. The molecule has 4 nitrogen and oxygen atoms in total. The number of fused-ring (bicyclic) bond motifs is 1. The molecule has 0 radical (unpaired) electrons. The number of aromatic nitrogens is 2. The summed E-state index contributed by atoms with van der Waals surface area (Å²) in [5.41, 5.74) is 0.936. The minimum Gasteiger partial charge on any atom is -0.465 e. The van der Waals surface area contributed by atoms with Gasteiger partial charge in [-0.3, -0.25) is 0 Å². The predicted molar refractivity (Wildman–Crippen MR) is 70.3 cm³/mol. The average molecular weight is 239 g/mol.